The van der Waals surface area contributed by atoms with E-state index in [0.29, 0.717) is 27.8 Å². The summed E-state index contributed by atoms with van der Waals surface area (Å²) in [7, 11) is -2.86. The van der Waals surface area contributed by atoms with Crippen LogP contribution in [0.5, 0.6) is 5.75 Å². The second-order valence-corrected chi connectivity index (χ2v) is 14.5. The van der Waals surface area contributed by atoms with Gasteiger partial charge in [0, 0.05) is 29.1 Å². The van der Waals surface area contributed by atoms with E-state index in [0.717, 1.165) is 15.4 Å². The van der Waals surface area contributed by atoms with Gasteiger partial charge in [-0.1, -0.05) is 95.8 Å². The number of aryl methyl sites for hydroxylation is 1. The number of ether oxygens (including phenoxy) is 1. The average molecular weight is 731 g/mol. The maximum Gasteiger partial charge on any atom is 0.264 e. The van der Waals surface area contributed by atoms with Crippen molar-refractivity contribution in [2.75, 3.05) is 18.0 Å². The zero-order chi connectivity index (χ0) is 35.0. The van der Waals surface area contributed by atoms with Gasteiger partial charge in [0.25, 0.3) is 10.0 Å². The second-order valence-electron chi connectivity index (χ2n) is 11.4. The SMILES string of the molecule is CC[C@H](C)NC(=O)[C@H](Cc1ccccc1)N(Cc1ccc(Cl)cc1Cl)C(=O)CN(c1ccc(OC)c(Cl)c1)S(=O)(=O)c1ccc(C)cc1. The molecule has 48 heavy (non-hydrogen) atoms. The summed E-state index contributed by atoms with van der Waals surface area (Å²) in [5.74, 6) is -0.681. The molecule has 4 aromatic rings. The molecule has 1 N–H and O–H groups in total. The number of anilines is 1. The summed E-state index contributed by atoms with van der Waals surface area (Å²) in [5, 5.41) is 3.87. The van der Waals surface area contributed by atoms with Gasteiger partial charge in [0.05, 0.1) is 22.7 Å². The van der Waals surface area contributed by atoms with Crippen molar-refractivity contribution in [1.29, 1.82) is 0 Å². The minimum Gasteiger partial charge on any atom is -0.495 e. The van der Waals surface area contributed by atoms with E-state index in [-0.39, 0.29) is 40.5 Å². The number of nitrogens with one attached hydrogen (secondary N) is 1. The van der Waals surface area contributed by atoms with Gasteiger partial charge in [0.15, 0.2) is 0 Å². The highest BCUT2D eigenvalue weighted by Gasteiger charge is 2.35. The summed E-state index contributed by atoms with van der Waals surface area (Å²) in [6.07, 6.45) is 0.834. The number of halogens is 3. The van der Waals surface area contributed by atoms with Gasteiger partial charge >= 0.3 is 0 Å². The van der Waals surface area contributed by atoms with E-state index >= 15 is 0 Å². The Morgan fingerprint density at radius 3 is 2.19 bits per heavy atom. The van der Waals surface area contributed by atoms with E-state index in [9.17, 15) is 18.0 Å². The molecule has 0 aliphatic heterocycles. The fraction of sp³-hybridized carbons (Fsp3) is 0.278. The van der Waals surface area contributed by atoms with Crippen LogP contribution in [0, 0.1) is 6.92 Å². The summed E-state index contributed by atoms with van der Waals surface area (Å²) < 4.78 is 34.8. The van der Waals surface area contributed by atoms with E-state index in [4.69, 9.17) is 39.5 Å². The van der Waals surface area contributed by atoms with Gasteiger partial charge < -0.3 is 15.0 Å². The maximum atomic E-state index is 14.7. The lowest BCUT2D eigenvalue weighted by Gasteiger charge is -2.34. The molecular weight excluding hydrogens is 693 g/mol. The monoisotopic (exact) mass is 729 g/mol. The Bertz CT molecular complexity index is 1840. The van der Waals surface area contributed by atoms with Crippen LogP contribution in [0.4, 0.5) is 5.69 Å². The van der Waals surface area contributed by atoms with Gasteiger partial charge in [0.1, 0.15) is 18.3 Å². The third kappa shape index (κ3) is 9.23. The van der Waals surface area contributed by atoms with Gasteiger partial charge in [-0.15, -0.1) is 0 Å². The molecule has 0 saturated heterocycles. The average Bonchev–Trinajstić information content (AvgIpc) is 3.06. The summed E-state index contributed by atoms with van der Waals surface area (Å²) in [4.78, 5) is 30.0. The summed E-state index contributed by atoms with van der Waals surface area (Å²) in [5.41, 5.74) is 2.35. The minimum atomic E-state index is -4.31. The standard InChI is InChI=1S/C36H38Cl3N3O5S/c1-5-25(3)40-36(44)33(19-26-9-7-6-8-10-26)41(22-27-13-14-28(37)20-31(27)38)35(43)23-42(29-15-18-34(47-4)32(39)21-29)48(45,46)30-16-11-24(2)12-17-30/h6-18,20-21,25,33H,5,19,22-23H2,1-4H3,(H,40,44)/t25-,33-/m0/s1. The predicted molar refractivity (Wildman–Crippen MR) is 193 cm³/mol. The maximum absolute atomic E-state index is 14.7. The molecule has 8 nitrogen and oxygen atoms in total. The first kappa shape index (κ1) is 37.1. The van der Waals surface area contributed by atoms with Crippen molar-refractivity contribution in [2.45, 2.75) is 57.1 Å². The number of carbonyl (C=O) groups excluding carboxylic acids is 2. The van der Waals surface area contributed by atoms with Crippen LogP contribution in [0.15, 0.2) is 95.9 Å². The highest BCUT2D eigenvalue weighted by molar-refractivity contribution is 7.92. The molecule has 4 rings (SSSR count). The molecule has 0 saturated carbocycles. The van der Waals surface area contributed by atoms with Crippen molar-refractivity contribution in [3.8, 4) is 5.75 Å². The first-order valence-electron chi connectivity index (χ1n) is 15.3. The lowest BCUT2D eigenvalue weighted by atomic mass is 10.0. The Balaban J connectivity index is 1.85. The van der Waals surface area contributed by atoms with E-state index in [1.165, 1.54) is 42.3 Å². The van der Waals surface area contributed by atoms with Gasteiger partial charge in [-0.3, -0.25) is 13.9 Å². The number of carbonyl (C=O) groups is 2. The normalized spacial score (nSPS) is 12.6. The van der Waals surface area contributed by atoms with Crippen LogP contribution < -0.4 is 14.4 Å². The zero-order valence-corrected chi connectivity index (χ0v) is 30.2. The molecule has 0 bridgehead atoms. The zero-order valence-electron chi connectivity index (χ0n) is 27.1. The molecule has 0 fully saturated rings. The van der Waals surface area contributed by atoms with E-state index in [1.54, 1.807) is 30.3 Å². The quantitative estimate of drug-likeness (QED) is 0.143. The Labute approximate surface area is 297 Å². The number of sulfonamides is 1. The van der Waals surface area contributed by atoms with Crippen LogP contribution in [0.25, 0.3) is 0 Å². The van der Waals surface area contributed by atoms with Crippen molar-refractivity contribution in [3.63, 3.8) is 0 Å². The Kier molecular flexibility index (Phi) is 12.8. The van der Waals surface area contributed by atoms with Crippen LogP contribution >= 0.6 is 34.8 Å². The molecule has 12 heteroatoms. The molecule has 0 spiro atoms. The highest BCUT2D eigenvalue weighted by Crippen LogP contribution is 2.33. The Morgan fingerprint density at radius 2 is 1.58 bits per heavy atom. The van der Waals surface area contributed by atoms with Crippen molar-refractivity contribution >= 4 is 62.3 Å². The van der Waals surface area contributed by atoms with E-state index in [1.807, 2.05) is 51.1 Å². The first-order chi connectivity index (χ1) is 22.8. The van der Waals surface area contributed by atoms with E-state index < -0.39 is 28.5 Å². The number of hydrogen-bond acceptors (Lipinski definition) is 5. The summed E-state index contributed by atoms with van der Waals surface area (Å²) in [6.45, 7) is 4.93. The molecule has 0 radical (unpaired) electrons. The predicted octanol–water partition coefficient (Wildman–Crippen LogP) is 7.71. The van der Waals surface area contributed by atoms with Gasteiger partial charge in [-0.25, -0.2) is 8.42 Å². The third-order valence-corrected chi connectivity index (χ3v) is 10.6. The number of amides is 2. The molecule has 4 aromatic carbocycles. The van der Waals surface area contributed by atoms with Crippen molar-refractivity contribution in [3.05, 3.63) is 123 Å². The molecule has 0 heterocycles. The molecule has 0 aliphatic carbocycles. The van der Waals surface area contributed by atoms with Crippen LogP contribution in [0.1, 0.15) is 37.0 Å². The smallest absolute Gasteiger partial charge is 0.264 e. The van der Waals surface area contributed by atoms with Crippen molar-refractivity contribution in [2.24, 2.45) is 0 Å². The Morgan fingerprint density at radius 1 is 0.896 bits per heavy atom. The van der Waals surface area contributed by atoms with E-state index in [2.05, 4.69) is 5.32 Å². The minimum absolute atomic E-state index is 0.0181. The lowest BCUT2D eigenvalue weighted by molar-refractivity contribution is -0.140. The summed E-state index contributed by atoms with van der Waals surface area (Å²) >= 11 is 19.2. The highest BCUT2D eigenvalue weighted by atomic mass is 35.5. The largest absolute Gasteiger partial charge is 0.495 e. The lowest BCUT2D eigenvalue weighted by Crippen LogP contribution is -2.54. The first-order valence-corrected chi connectivity index (χ1v) is 17.9. The second kappa shape index (κ2) is 16.6. The van der Waals surface area contributed by atoms with Crippen LogP contribution in [0.3, 0.4) is 0 Å². The molecule has 2 atom stereocenters. The fourth-order valence-corrected chi connectivity index (χ4v) is 7.13. The van der Waals surface area contributed by atoms with Crippen LogP contribution in [-0.2, 0) is 32.6 Å². The number of nitrogens with zero attached hydrogens (tertiary/aromatic N) is 2. The molecule has 0 aliphatic rings. The Hall–Kier alpha value is -3.76. The van der Waals surface area contributed by atoms with Crippen LogP contribution in [-0.4, -0.2) is 50.9 Å². The van der Waals surface area contributed by atoms with Crippen molar-refractivity contribution in [1.82, 2.24) is 10.2 Å². The molecular formula is C36H38Cl3N3O5S. The molecule has 0 aromatic heterocycles. The number of benzene rings is 4. The summed E-state index contributed by atoms with van der Waals surface area (Å²) in [6, 6.07) is 23.8. The van der Waals surface area contributed by atoms with Gasteiger partial charge in [-0.2, -0.15) is 0 Å². The number of methoxy groups -OCH3 is 1. The number of rotatable bonds is 14. The third-order valence-electron chi connectivity index (χ3n) is 7.94. The molecule has 2 amide bonds. The fourth-order valence-electron chi connectivity index (χ4n) is 5.01. The van der Waals surface area contributed by atoms with Gasteiger partial charge in [0.2, 0.25) is 11.8 Å². The van der Waals surface area contributed by atoms with Gasteiger partial charge in [-0.05, 0) is 73.9 Å². The molecule has 254 valence electrons. The topological polar surface area (TPSA) is 96.0 Å². The molecule has 0 unspecified atom stereocenters. The van der Waals surface area contributed by atoms with Crippen molar-refractivity contribution < 1.29 is 22.7 Å². The number of hydrogen-bond donors (Lipinski definition) is 1. The van der Waals surface area contributed by atoms with Crippen LogP contribution in [0.2, 0.25) is 15.1 Å².